The lowest BCUT2D eigenvalue weighted by Crippen LogP contribution is -2.40. The highest BCUT2D eigenvalue weighted by Gasteiger charge is 2.16. The molecule has 1 aliphatic rings. The molecule has 0 aliphatic heterocycles. The van der Waals surface area contributed by atoms with Crippen LogP contribution in [0.25, 0.3) is 0 Å². The van der Waals surface area contributed by atoms with Crippen molar-refractivity contribution in [1.29, 1.82) is 0 Å². The number of nitrogens with one attached hydrogen (secondary N) is 1. The molecule has 18 heavy (non-hydrogen) atoms. The van der Waals surface area contributed by atoms with Crippen molar-refractivity contribution in [3.05, 3.63) is 0 Å². The number of ether oxygens (including phenoxy) is 1. The summed E-state index contributed by atoms with van der Waals surface area (Å²) in [4.78, 5) is 11.6. The van der Waals surface area contributed by atoms with Crippen LogP contribution in [0, 0.1) is 5.92 Å². The van der Waals surface area contributed by atoms with Gasteiger partial charge in [-0.15, -0.1) is 0 Å². The van der Waals surface area contributed by atoms with Gasteiger partial charge in [-0.2, -0.15) is 0 Å². The second-order valence-electron chi connectivity index (χ2n) is 5.42. The Balaban J connectivity index is 2.08. The molecule has 106 valence electrons. The van der Waals surface area contributed by atoms with E-state index in [1.165, 1.54) is 38.5 Å². The lowest BCUT2D eigenvalue weighted by Gasteiger charge is -2.17. The second-order valence-corrected chi connectivity index (χ2v) is 5.42. The first-order chi connectivity index (χ1) is 8.61. The van der Waals surface area contributed by atoms with Crippen LogP contribution in [0.2, 0.25) is 0 Å². The molecule has 4 heteroatoms. The average molecular weight is 256 g/mol. The van der Waals surface area contributed by atoms with Crippen molar-refractivity contribution in [3.63, 3.8) is 0 Å². The highest BCUT2D eigenvalue weighted by molar-refractivity contribution is 5.78. The first kappa shape index (κ1) is 15.4. The molecule has 1 aliphatic carbocycles. The Bertz CT molecular complexity index is 236. The van der Waals surface area contributed by atoms with Crippen LogP contribution in [0.5, 0.6) is 0 Å². The maximum Gasteiger partial charge on any atom is 0.224 e. The molecule has 0 aromatic rings. The van der Waals surface area contributed by atoms with Gasteiger partial charge in [0.15, 0.2) is 0 Å². The fraction of sp³-hybridized carbons (Fsp3) is 0.929. The van der Waals surface area contributed by atoms with Crippen molar-refractivity contribution in [2.45, 2.75) is 64.5 Å². The zero-order chi connectivity index (χ0) is 13.4. The first-order valence-corrected chi connectivity index (χ1v) is 7.26. The van der Waals surface area contributed by atoms with Gasteiger partial charge in [0.25, 0.3) is 0 Å². The van der Waals surface area contributed by atoms with Crippen LogP contribution in [0.1, 0.15) is 52.4 Å². The van der Waals surface area contributed by atoms with Gasteiger partial charge in [0.05, 0.1) is 12.7 Å². The predicted molar refractivity (Wildman–Crippen MR) is 73.3 cm³/mol. The zero-order valence-electron chi connectivity index (χ0n) is 11.8. The van der Waals surface area contributed by atoms with E-state index >= 15 is 0 Å². The highest BCUT2D eigenvalue weighted by Crippen LogP contribution is 2.19. The normalized spacial score (nSPS) is 21.1. The number of rotatable bonds is 6. The Hall–Kier alpha value is -0.610. The van der Waals surface area contributed by atoms with Gasteiger partial charge in [0.2, 0.25) is 5.91 Å². The number of carbonyl (C=O) groups excluding carboxylic acids is 1. The molecule has 0 aromatic carbocycles. The Morgan fingerprint density at radius 1 is 1.28 bits per heavy atom. The van der Waals surface area contributed by atoms with Gasteiger partial charge in [-0.05, 0) is 19.8 Å². The van der Waals surface area contributed by atoms with Crippen molar-refractivity contribution in [3.8, 4) is 0 Å². The van der Waals surface area contributed by atoms with Crippen LogP contribution in [-0.4, -0.2) is 31.2 Å². The molecule has 0 bridgehead atoms. The molecule has 2 unspecified atom stereocenters. The number of hydrogen-bond donors (Lipinski definition) is 2. The third-order valence-electron chi connectivity index (χ3n) is 3.76. The topological polar surface area (TPSA) is 64.4 Å². The van der Waals surface area contributed by atoms with Gasteiger partial charge < -0.3 is 15.8 Å². The van der Waals surface area contributed by atoms with E-state index in [4.69, 9.17) is 10.5 Å². The molecule has 3 N–H and O–H groups in total. The Labute approximate surface area is 111 Å². The Morgan fingerprint density at radius 2 is 1.89 bits per heavy atom. The lowest BCUT2D eigenvalue weighted by molar-refractivity contribution is -0.125. The fourth-order valence-electron chi connectivity index (χ4n) is 2.21. The van der Waals surface area contributed by atoms with Crippen LogP contribution in [0.15, 0.2) is 0 Å². The molecule has 0 heterocycles. The third kappa shape index (κ3) is 5.83. The molecule has 0 saturated heterocycles. The van der Waals surface area contributed by atoms with Crippen LogP contribution < -0.4 is 11.1 Å². The van der Waals surface area contributed by atoms with Gasteiger partial charge in [-0.3, -0.25) is 4.79 Å². The molecule has 0 aromatic heterocycles. The largest absolute Gasteiger partial charge is 0.376 e. The summed E-state index contributed by atoms with van der Waals surface area (Å²) in [5.41, 5.74) is 5.68. The van der Waals surface area contributed by atoms with E-state index < -0.39 is 0 Å². The van der Waals surface area contributed by atoms with Crippen molar-refractivity contribution in [2.75, 3.05) is 13.2 Å². The molecular weight excluding hydrogens is 228 g/mol. The average Bonchev–Trinajstić information content (AvgIpc) is 2.61. The molecule has 0 spiro atoms. The van der Waals surface area contributed by atoms with Crippen LogP contribution in [-0.2, 0) is 9.53 Å². The molecule has 0 radical (unpaired) electrons. The van der Waals surface area contributed by atoms with E-state index in [0.29, 0.717) is 19.3 Å². The third-order valence-corrected chi connectivity index (χ3v) is 3.76. The Morgan fingerprint density at radius 3 is 2.44 bits per heavy atom. The van der Waals surface area contributed by atoms with Crippen molar-refractivity contribution >= 4 is 5.91 Å². The van der Waals surface area contributed by atoms with Crippen molar-refractivity contribution in [1.82, 2.24) is 5.32 Å². The van der Waals surface area contributed by atoms with Crippen molar-refractivity contribution in [2.24, 2.45) is 11.7 Å². The van der Waals surface area contributed by atoms with Gasteiger partial charge in [-0.25, -0.2) is 0 Å². The number of amides is 1. The minimum absolute atomic E-state index is 0.0227. The van der Waals surface area contributed by atoms with E-state index in [9.17, 15) is 4.79 Å². The van der Waals surface area contributed by atoms with Crippen molar-refractivity contribution < 1.29 is 9.53 Å². The minimum Gasteiger partial charge on any atom is -0.376 e. The summed E-state index contributed by atoms with van der Waals surface area (Å²) in [6.45, 7) is 4.91. The second kappa shape index (κ2) is 8.48. The van der Waals surface area contributed by atoms with E-state index in [-0.39, 0.29) is 17.9 Å². The summed E-state index contributed by atoms with van der Waals surface area (Å²) in [5, 5.41) is 2.88. The van der Waals surface area contributed by atoms with E-state index in [1.807, 2.05) is 13.8 Å². The molecule has 4 nitrogen and oxygen atoms in total. The smallest absolute Gasteiger partial charge is 0.224 e. The van der Waals surface area contributed by atoms with Crippen LogP contribution >= 0.6 is 0 Å². The molecular formula is C14H28N2O2. The lowest BCUT2D eigenvalue weighted by atomic mass is 10.0. The molecule has 1 rings (SSSR count). The summed E-state index contributed by atoms with van der Waals surface area (Å²) >= 11 is 0. The summed E-state index contributed by atoms with van der Waals surface area (Å²) in [7, 11) is 0. The molecule has 1 saturated carbocycles. The maximum absolute atomic E-state index is 11.6. The molecule has 2 atom stereocenters. The summed E-state index contributed by atoms with van der Waals surface area (Å²) in [6, 6.07) is -0.104. The summed E-state index contributed by atoms with van der Waals surface area (Å²) in [6.07, 6.45) is 7.96. The van der Waals surface area contributed by atoms with E-state index in [0.717, 1.165) is 0 Å². The van der Waals surface area contributed by atoms with Gasteiger partial charge in [0, 0.05) is 18.5 Å². The van der Waals surface area contributed by atoms with E-state index in [1.54, 1.807) is 0 Å². The maximum atomic E-state index is 11.6. The molecule has 1 fully saturated rings. The Kier molecular flexibility index (Phi) is 7.28. The number of carbonyl (C=O) groups is 1. The zero-order valence-corrected chi connectivity index (χ0v) is 11.8. The van der Waals surface area contributed by atoms with E-state index in [2.05, 4.69) is 5.32 Å². The van der Waals surface area contributed by atoms with Gasteiger partial charge in [0.1, 0.15) is 0 Å². The predicted octanol–water partition coefficient (Wildman–Crippen LogP) is 1.83. The highest BCUT2D eigenvalue weighted by atomic mass is 16.5. The number of hydrogen-bond acceptors (Lipinski definition) is 3. The SMILES string of the molecule is CC(N)C(C)C(=O)NCCOC1CCCCCC1. The van der Waals surface area contributed by atoms with Gasteiger partial charge in [-0.1, -0.05) is 32.6 Å². The summed E-state index contributed by atoms with van der Waals surface area (Å²) in [5.74, 6) is -0.114. The monoisotopic (exact) mass is 256 g/mol. The molecule has 1 amide bonds. The number of nitrogens with two attached hydrogens (primary N) is 1. The van der Waals surface area contributed by atoms with Gasteiger partial charge >= 0.3 is 0 Å². The summed E-state index contributed by atoms with van der Waals surface area (Å²) < 4.78 is 5.81. The minimum atomic E-state index is -0.136. The van der Waals surface area contributed by atoms with Crippen LogP contribution in [0.4, 0.5) is 0 Å². The van der Waals surface area contributed by atoms with Crippen LogP contribution in [0.3, 0.4) is 0 Å². The first-order valence-electron chi connectivity index (χ1n) is 7.26. The quantitative estimate of drug-likeness (QED) is 0.563. The fourth-order valence-corrected chi connectivity index (χ4v) is 2.21. The standard InChI is InChI=1S/C14H28N2O2/c1-11(12(2)15)14(17)16-9-10-18-13-7-5-3-4-6-8-13/h11-13H,3-10,15H2,1-2H3,(H,16,17).